The molecular weight excluding hydrogens is 238 g/mol. The number of anilines is 1. The minimum Gasteiger partial charge on any atom is -0.325 e. The highest BCUT2D eigenvalue weighted by Gasteiger charge is 2.17. The topological polar surface area (TPSA) is 35.6 Å². The minimum absolute atomic E-state index is 0.0826. The lowest BCUT2D eigenvalue weighted by Gasteiger charge is -2.33. The van der Waals surface area contributed by atoms with E-state index in [1.807, 2.05) is 31.2 Å². The van der Waals surface area contributed by atoms with E-state index in [-0.39, 0.29) is 5.91 Å². The Kier molecular flexibility index (Phi) is 4.93. The molecule has 4 heteroatoms. The Balaban J connectivity index is 1.81. The number of carbonyl (C=O) groups is 1. The Hall–Kier alpha value is -1.39. The highest BCUT2D eigenvalue weighted by Crippen LogP contribution is 2.13. The molecule has 0 aliphatic carbocycles. The molecule has 0 spiro atoms. The maximum Gasteiger partial charge on any atom is 0.238 e. The zero-order valence-corrected chi connectivity index (χ0v) is 11.9. The molecule has 1 fully saturated rings. The number of likely N-dealkylation sites (N-methyl/N-ethyl adjacent to an activating group) is 1. The van der Waals surface area contributed by atoms with Crippen LogP contribution in [0.2, 0.25) is 0 Å². The number of nitrogens with zero attached hydrogens (tertiary/aromatic N) is 2. The van der Waals surface area contributed by atoms with Crippen molar-refractivity contribution in [3.8, 4) is 0 Å². The van der Waals surface area contributed by atoms with Crippen molar-refractivity contribution < 1.29 is 4.79 Å². The predicted octanol–water partition coefficient (Wildman–Crippen LogP) is 1.57. The number of hydrogen-bond donors (Lipinski definition) is 1. The summed E-state index contributed by atoms with van der Waals surface area (Å²) in [5.74, 6) is 0.0826. The first-order valence-corrected chi connectivity index (χ1v) is 6.99. The normalized spacial score (nSPS) is 17.4. The lowest BCUT2D eigenvalue weighted by molar-refractivity contribution is -0.117. The second-order valence-corrected chi connectivity index (χ2v) is 5.07. The van der Waals surface area contributed by atoms with Gasteiger partial charge in [0.15, 0.2) is 0 Å². The van der Waals surface area contributed by atoms with E-state index < -0.39 is 0 Å². The number of para-hydroxylation sites is 1. The van der Waals surface area contributed by atoms with Gasteiger partial charge in [-0.3, -0.25) is 9.69 Å². The third-order valence-corrected chi connectivity index (χ3v) is 3.70. The van der Waals surface area contributed by atoms with Crippen LogP contribution in [-0.2, 0) is 4.79 Å². The quantitative estimate of drug-likeness (QED) is 0.893. The third-order valence-electron chi connectivity index (χ3n) is 3.70. The van der Waals surface area contributed by atoms with Crippen molar-refractivity contribution in [3.63, 3.8) is 0 Å². The molecule has 1 aromatic carbocycles. The predicted molar refractivity (Wildman–Crippen MR) is 78.4 cm³/mol. The molecular formula is C15H23N3O. The SMILES string of the molecule is CCN1CCN(CC(=O)Nc2ccccc2C)CC1. The number of nitrogens with one attached hydrogen (secondary N) is 1. The Labute approximate surface area is 115 Å². The van der Waals surface area contributed by atoms with Gasteiger partial charge in [0.1, 0.15) is 0 Å². The minimum atomic E-state index is 0.0826. The molecule has 0 unspecified atom stereocenters. The second kappa shape index (κ2) is 6.68. The van der Waals surface area contributed by atoms with Crippen LogP contribution in [0, 0.1) is 6.92 Å². The summed E-state index contributed by atoms with van der Waals surface area (Å²) >= 11 is 0. The fourth-order valence-corrected chi connectivity index (χ4v) is 2.37. The van der Waals surface area contributed by atoms with Gasteiger partial charge in [-0.25, -0.2) is 0 Å². The van der Waals surface area contributed by atoms with Crippen molar-refractivity contribution in [2.75, 3.05) is 44.6 Å². The molecule has 2 rings (SSSR count). The van der Waals surface area contributed by atoms with E-state index in [4.69, 9.17) is 0 Å². The molecule has 1 saturated heterocycles. The van der Waals surface area contributed by atoms with Crippen molar-refractivity contribution in [1.82, 2.24) is 9.80 Å². The standard InChI is InChI=1S/C15H23N3O/c1-3-17-8-10-18(11-9-17)12-15(19)16-14-7-5-4-6-13(14)2/h4-7H,3,8-12H2,1-2H3,(H,16,19). The van der Waals surface area contributed by atoms with Crippen LogP contribution < -0.4 is 5.32 Å². The van der Waals surface area contributed by atoms with E-state index in [1.54, 1.807) is 0 Å². The second-order valence-electron chi connectivity index (χ2n) is 5.07. The van der Waals surface area contributed by atoms with Gasteiger partial charge < -0.3 is 10.2 Å². The van der Waals surface area contributed by atoms with Crippen molar-refractivity contribution in [1.29, 1.82) is 0 Å². The zero-order chi connectivity index (χ0) is 13.7. The van der Waals surface area contributed by atoms with E-state index in [0.29, 0.717) is 6.54 Å². The van der Waals surface area contributed by atoms with Crippen LogP contribution in [0.4, 0.5) is 5.69 Å². The summed E-state index contributed by atoms with van der Waals surface area (Å²) in [7, 11) is 0. The number of piperazine rings is 1. The smallest absolute Gasteiger partial charge is 0.238 e. The maximum absolute atomic E-state index is 12.0. The molecule has 0 bridgehead atoms. The van der Waals surface area contributed by atoms with Crippen LogP contribution in [0.5, 0.6) is 0 Å². The number of carbonyl (C=O) groups excluding carboxylic acids is 1. The van der Waals surface area contributed by atoms with Crippen LogP contribution in [0.25, 0.3) is 0 Å². The Morgan fingerprint density at radius 2 is 1.79 bits per heavy atom. The lowest BCUT2D eigenvalue weighted by atomic mass is 10.2. The van der Waals surface area contributed by atoms with Crippen molar-refractivity contribution in [2.24, 2.45) is 0 Å². The summed E-state index contributed by atoms with van der Waals surface area (Å²) in [4.78, 5) is 16.7. The van der Waals surface area contributed by atoms with Crippen molar-refractivity contribution in [3.05, 3.63) is 29.8 Å². The monoisotopic (exact) mass is 261 g/mol. The van der Waals surface area contributed by atoms with Crippen LogP contribution in [0.3, 0.4) is 0 Å². The molecule has 4 nitrogen and oxygen atoms in total. The molecule has 0 aromatic heterocycles. The largest absolute Gasteiger partial charge is 0.325 e. The van der Waals surface area contributed by atoms with Gasteiger partial charge >= 0.3 is 0 Å². The van der Waals surface area contributed by atoms with E-state index in [2.05, 4.69) is 22.0 Å². The van der Waals surface area contributed by atoms with E-state index in [0.717, 1.165) is 44.0 Å². The summed E-state index contributed by atoms with van der Waals surface area (Å²) < 4.78 is 0. The first-order chi connectivity index (χ1) is 9.19. The van der Waals surface area contributed by atoms with Gasteiger partial charge in [0, 0.05) is 31.9 Å². The van der Waals surface area contributed by atoms with Gasteiger partial charge in [-0.1, -0.05) is 25.1 Å². The summed E-state index contributed by atoms with van der Waals surface area (Å²) in [5, 5.41) is 2.99. The summed E-state index contributed by atoms with van der Waals surface area (Å²) in [6, 6.07) is 7.88. The van der Waals surface area contributed by atoms with Gasteiger partial charge in [0.2, 0.25) is 5.91 Å². The van der Waals surface area contributed by atoms with Crippen LogP contribution >= 0.6 is 0 Å². The molecule has 1 amide bonds. The van der Waals surface area contributed by atoms with Gasteiger partial charge in [0.05, 0.1) is 6.54 Å². The van der Waals surface area contributed by atoms with Gasteiger partial charge in [-0.2, -0.15) is 0 Å². The maximum atomic E-state index is 12.0. The molecule has 1 aromatic rings. The molecule has 0 radical (unpaired) electrons. The van der Waals surface area contributed by atoms with Gasteiger partial charge in [0.25, 0.3) is 0 Å². The van der Waals surface area contributed by atoms with Gasteiger partial charge in [-0.05, 0) is 25.1 Å². The summed E-state index contributed by atoms with van der Waals surface area (Å²) in [6.45, 7) is 9.87. The molecule has 19 heavy (non-hydrogen) atoms. The Morgan fingerprint density at radius 3 is 2.42 bits per heavy atom. The number of amides is 1. The van der Waals surface area contributed by atoms with Crippen molar-refractivity contribution in [2.45, 2.75) is 13.8 Å². The number of hydrogen-bond acceptors (Lipinski definition) is 3. The first-order valence-electron chi connectivity index (χ1n) is 6.99. The molecule has 1 aliphatic rings. The van der Waals surface area contributed by atoms with Crippen LogP contribution in [0.15, 0.2) is 24.3 Å². The third kappa shape index (κ3) is 4.04. The highest BCUT2D eigenvalue weighted by atomic mass is 16.2. The average molecular weight is 261 g/mol. The Morgan fingerprint density at radius 1 is 1.16 bits per heavy atom. The number of aryl methyl sites for hydroxylation is 1. The van der Waals surface area contributed by atoms with Crippen LogP contribution in [0.1, 0.15) is 12.5 Å². The van der Waals surface area contributed by atoms with Crippen LogP contribution in [-0.4, -0.2) is 55.0 Å². The molecule has 0 saturated carbocycles. The summed E-state index contributed by atoms with van der Waals surface area (Å²) in [6.07, 6.45) is 0. The molecule has 1 N–H and O–H groups in total. The first kappa shape index (κ1) is 14.0. The summed E-state index contributed by atoms with van der Waals surface area (Å²) in [5.41, 5.74) is 2.02. The molecule has 1 aliphatic heterocycles. The molecule has 0 atom stereocenters. The van der Waals surface area contributed by atoms with E-state index >= 15 is 0 Å². The fourth-order valence-electron chi connectivity index (χ4n) is 2.37. The van der Waals surface area contributed by atoms with E-state index in [9.17, 15) is 4.79 Å². The molecule has 1 heterocycles. The zero-order valence-electron chi connectivity index (χ0n) is 11.9. The average Bonchev–Trinajstić information content (AvgIpc) is 2.42. The van der Waals surface area contributed by atoms with E-state index in [1.165, 1.54) is 0 Å². The fraction of sp³-hybridized carbons (Fsp3) is 0.533. The molecule has 104 valence electrons. The Bertz CT molecular complexity index is 425. The number of benzene rings is 1. The number of rotatable bonds is 4. The lowest BCUT2D eigenvalue weighted by Crippen LogP contribution is -2.48. The van der Waals surface area contributed by atoms with Crippen molar-refractivity contribution >= 4 is 11.6 Å². The highest BCUT2D eigenvalue weighted by molar-refractivity contribution is 5.92. The van der Waals surface area contributed by atoms with Gasteiger partial charge in [-0.15, -0.1) is 0 Å².